The van der Waals surface area contributed by atoms with Crippen LogP contribution in [-0.4, -0.2) is 18.3 Å². The SMILES string of the molecule is Cc1ccc2c(c1)c1ccccc1n2-c1cc(-c2c(C#N)cccc2C(F)(F)F)c(-n2c3c(c4ccccc42)CC(Cc2cc4c5ccccc5n(-c5cc(C#N)c(-n6c7ccccc7c7ccc(C)cc76)cc5-c5c(C#N)cccc5C(F)(F)F)c4cc2C)C=C3)cc1C#N. The Labute approximate surface area is 545 Å². The molecular formula is C82H50F6N8. The number of nitrogens with zero attached hydrogens (tertiary/aromatic N) is 8. The molecule has 8 nitrogen and oxygen atoms in total. The fourth-order valence-corrected chi connectivity index (χ4v) is 15.1. The summed E-state index contributed by atoms with van der Waals surface area (Å²) < 4.78 is 101. The van der Waals surface area contributed by atoms with Crippen molar-refractivity contribution >= 4 is 82.4 Å². The first-order valence-electron chi connectivity index (χ1n) is 31.2. The molecule has 1 aliphatic rings. The average Bonchev–Trinajstić information content (AvgIpc) is 1.54. The normalized spacial score (nSPS) is 13.3. The van der Waals surface area contributed by atoms with Gasteiger partial charge in [-0.05, 0) is 171 Å². The molecule has 0 saturated heterocycles. The number of aryl methyl sites for hydroxylation is 3. The van der Waals surface area contributed by atoms with Crippen LogP contribution >= 0.6 is 0 Å². The fourth-order valence-electron chi connectivity index (χ4n) is 15.1. The summed E-state index contributed by atoms with van der Waals surface area (Å²) >= 11 is 0. The topological polar surface area (TPSA) is 115 Å². The van der Waals surface area contributed by atoms with E-state index in [-0.39, 0.29) is 61.8 Å². The van der Waals surface area contributed by atoms with Gasteiger partial charge in [0.2, 0.25) is 0 Å². The number of allylic oxidation sites excluding steroid dienone is 1. The molecule has 15 aromatic rings. The molecule has 0 fully saturated rings. The van der Waals surface area contributed by atoms with E-state index in [9.17, 15) is 21.0 Å². The maximum Gasteiger partial charge on any atom is 0.417 e. The van der Waals surface area contributed by atoms with Gasteiger partial charge in [-0.2, -0.15) is 47.4 Å². The Balaban J connectivity index is 0.863. The standard InChI is InChI=1S/C82H50F6N8/c1-46-27-30-71-60(32-46)56-17-5-9-23-68(56)93(71)73-40-63(79-50(42-89)14-12-20-65(79)81(83,84)85)77(38-53(73)44-91)94-69-24-10-6-18-57(69)61-36-49(28-31-72(61)94)35-52-37-62-58-19-7-11-25-70(58)96(76(62)34-48(52)3)78-39-54(45-92)74(41-64(78)80-51(43-90)15-13-21-66(80)82(86,87)88)95-67-22-8-4-16-55(67)59-29-26-47(2)33-75(59)95/h4-34,37-41,49H,35-36H2,1-3H3. The predicted octanol–water partition coefficient (Wildman–Crippen LogP) is 21.1. The number of hydrogen-bond donors (Lipinski definition) is 0. The predicted molar refractivity (Wildman–Crippen MR) is 367 cm³/mol. The molecule has 1 atom stereocenters. The molecule has 0 radical (unpaired) electrons. The molecule has 1 unspecified atom stereocenters. The van der Waals surface area contributed by atoms with Gasteiger partial charge in [0.25, 0.3) is 0 Å². The highest BCUT2D eigenvalue weighted by Gasteiger charge is 2.39. The Morgan fingerprint density at radius 1 is 0.385 bits per heavy atom. The minimum Gasteiger partial charge on any atom is -0.309 e. The van der Waals surface area contributed by atoms with Crippen LogP contribution in [0.4, 0.5) is 26.3 Å². The maximum absolute atomic E-state index is 15.6. The molecule has 16 rings (SSSR count). The van der Waals surface area contributed by atoms with Crippen LogP contribution in [-0.2, 0) is 25.2 Å². The number of fused-ring (bicyclic) bond motifs is 12. The molecular weight excluding hydrogens is 1210 g/mol. The van der Waals surface area contributed by atoms with E-state index in [1.54, 1.807) is 24.3 Å². The number of alkyl halides is 6. The number of halogens is 6. The Morgan fingerprint density at radius 3 is 1.35 bits per heavy atom. The molecule has 0 bridgehead atoms. The maximum atomic E-state index is 15.6. The highest BCUT2D eigenvalue weighted by Crippen LogP contribution is 2.49. The van der Waals surface area contributed by atoms with E-state index in [1.165, 1.54) is 24.3 Å². The zero-order valence-corrected chi connectivity index (χ0v) is 51.6. The van der Waals surface area contributed by atoms with E-state index in [0.717, 1.165) is 99.7 Å². The van der Waals surface area contributed by atoms with Gasteiger partial charge in [0.05, 0.1) is 107 Å². The van der Waals surface area contributed by atoms with E-state index in [1.807, 2.05) is 179 Å². The monoisotopic (exact) mass is 1260 g/mol. The minimum absolute atomic E-state index is 0.0962. The lowest BCUT2D eigenvalue weighted by Gasteiger charge is -2.23. The fraction of sp³-hybridized carbons (Fsp3) is 0.0976. The molecule has 11 aromatic carbocycles. The second-order valence-electron chi connectivity index (χ2n) is 24.8. The lowest BCUT2D eigenvalue weighted by Crippen LogP contribution is -2.13. The van der Waals surface area contributed by atoms with Crippen molar-refractivity contribution in [3.63, 3.8) is 0 Å². The summed E-state index contributed by atoms with van der Waals surface area (Å²) in [4.78, 5) is 0. The summed E-state index contributed by atoms with van der Waals surface area (Å²) in [7, 11) is 0. The van der Waals surface area contributed by atoms with E-state index in [4.69, 9.17) is 0 Å². The zero-order chi connectivity index (χ0) is 66.2. The largest absolute Gasteiger partial charge is 0.417 e. The van der Waals surface area contributed by atoms with Gasteiger partial charge in [0, 0.05) is 65.7 Å². The highest BCUT2D eigenvalue weighted by molar-refractivity contribution is 6.13. The van der Waals surface area contributed by atoms with Crippen LogP contribution in [0.3, 0.4) is 0 Å². The molecule has 1 aliphatic carbocycles. The van der Waals surface area contributed by atoms with Gasteiger partial charge in [0.15, 0.2) is 0 Å². The number of nitriles is 4. The third-order valence-electron chi connectivity index (χ3n) is 19.2. The zero-order valence-electron chi connectivity index (χ0n) is 51.6. The van der Waals surface area contributed by atoms with Crippen molar-refractivity contribution in [2.24, 2.45) is 5.92 Å². The number of rotatable bonds is 8. The van der Waals surface area contributed by atoms with Crippen molar-refractivity contribution in [1.29, 1.82) is 21.0 Å². The van der Waals surface area contributed by atoms with Gasteiger partial charge in [-0.3, -0.25) is 0 Å². The summed E-state index contributed by atoms with van der Waals surface area (Å²) in [5.41, 5.74) is 9.27. The first kappa shape index (κ1) is 58.7. The second-order valence-corrected chi connectivity index (χ2v) is 24.8. The molecule has 0 aliphatic heterocycles. The van der Waals surface area contributed by atoms with Crippen LogP contribution in [0.25, 0.3) is 127 Å². The lowest BCUT2D eigenvalue weighted by molar-refractivity contribution is -0.137. The molecule has 0 N–H and O–H groups in total. The molecule has 0 spiro atoms. The molecule has 4 aromatic heterocycles. The van der Waals surface area contributed by atoms with E-state index in [2.05, 4.69) is 42.5 Å². The van der Waals surface area contributed by atoms with E-state index < -0.39 is 23.5 Å². The van der Waals surface area contributed by atoms with E-state index >= 15 is 26.3 Å². The number of para-hydroxylation sites is 4. The lowest BCUT2D eigenvalue weighted by atomic mass is 9.85. The summed E-state index contributed by atoms with van der Waals surface area (Å²) in [5, 5.41) is 50.1. The third kappa shape index (κ3) is 9.02. The van der Waals surface area contributed by atoms with Gasteiger partial charge in [-0.1, -0.05) is 115 Å². The van der Waals surface area contributed by atoms with Gasteiger partial charge in [0.1, 0.15) is 12.1 Å². The molecule has 460 valence electrons. The molecule has 0 amide bonds. The quantitative estimate of drug-likeness (QED) is 0.141. The Kier molecular flexibility index (Phi) is 13.4. The number of aromatic nitrogens is 4. The van der Waals surface area contributed by atoms with Crippen molar-refractivity contribution in [2.75, 3.05) is 0 Å². The van der Waals surface area contributed by atoms with Crippen LogP contribution in [0.5, 0.6) is 0 Å². The second kappa shape index (κ2) is 21.9. The molecule has 14 heteroatoms. The van der Waals surface area contributed by atoms with Crippen molar-refractivity contribution in [2.45, 2.75) is 46.0 Å². The summed E-state index contributed by atoms with van der Waals surface area (Å²) in [6.07, 6.45) is -4.64. The third-order valence-corrected chi connectivity index (χ3v) is 19.2. The van der Waals surface area contributed by atoms with Crippen LogP contribution in [0.15, 0.2) is 212 Å². The molecule has 0 saturated carbocycles. The first-order chi connectivity index (χ1) is 46.5. The van der Waals surface area contributed by atoms with Crippen LogP contribution in [0, 0.1) is 72.0 Å². The Hall–Kier alpha value is -12.4. The van der Waals surface area contributed by atoms with Gasteiger partial charge in [-0.25, -0.2) is 0 Å². The summed E-state index contributed by atoms with van der Waals surface area (Å²) in [6, 6.07) is 69.6. The van der Waals surface area contributed by atoms with Gasteiger partial charge < -0.3 is 18.3 Å². The Morgan fingerprint density at radius 2 is 0.812 bits per heavy atom. The summed E-state index contributed by atoms with van der Waals surface area (Å²) in [5.74, 6) is -0.127. The molecule has 4 heterocycles. The van der Waals surface area contributed by atoms with E-state index in [0.29, 0.717) is 46.5 Å². The van der Waals surface area contributed by atoms with Crippen molar-refractivity contribution in [1.82, 2.24) is 18.3 Å². The summed E-state index contributed by atoms with van der Waals surface area (Å²) in [6.45, 7) is 5.94. The van der Waals surface area contributed by atoms with Crippen molar-refractivity contribution < 1.29 is 26.3 Å². The smallest absolute Gasteiger partial charge is 0.309 e. The number of hydrogen-bond acceptors (Lipinski definition) is 4. The van der Waals surface area contributed by atoms with Crippen molar-refractivity contribution in [3.8, 4) is 69.3 Å². The van der Waals surface area contributed by atoms with Crippen LogP contribution in [0.1, 0.15) is 66.9 Å². The average molecular weight is 1260 g/mol. The van der Waals surface area contributed by atoms with Crippen molar-refractivity contribution in [3.05, 3.63) is 279 Å². The Bertz CT molecular complexity index is 6110. The van der Waals surface area contributed by atoms with Crippen LogP contribution < -0.4 is 0 Å². The molecule has 96 heavy (non-hydrogen) atoms. The van der Waals surface area contributed by atoms with Gasteiger partial charge in [-0.15, -0.1) is 0 Å². The van der Waals surface area contributed by atoms with Gasteiger partial charge >= 0.3 is 12.4 Å². The van der Waals surface area contributed by atoms with Crippen LogP contribution in [0.2, 0.25) is 0 Å². The highest BCUT2D eigenvalue weighted by atomic mass is 19.4. The minimum atomic E-state index is -4.89. The number of benzene rings is 11. The first-order valence-corrected chi connectivity index (χ1v) is 31.2.